The smallest absolute Gasteiger partial charge is 0.404 e. The first-order valence-electron chi connectivity index (χ1n) is 12.1. The third-order valence-electron chi connectivity index (χ3n) is 6.62. The van der Waals surface area contributed by atoms with E-state index in [9.17, 15) is 18.4 Å². The normalized spacial score (nSPS) is 16.0. The molecule has 36 heavy (non-hydrogen) atoms. The predicted octanol–water partition coefficient (Wildman–Crippen LogP) is 7.63. The highest BCUT2D eigenvalue weighted by Crippen LogP contribution is 2.34. The molecular formula is C27H35F3N4OS. The van der Waals surface area contributed by atoms with Crippen LogP contribution < -0.4 is 9.46 Å². The number of ether oxygens (including phenoxy) is 1. The van der Waals surface area contributed by atoms with Gasteiger partial charge in [-0.2, -0.15) is 18.4 Å². The van der Waals surface area contributed by atoms with Crippen molar-refractivity contribution in [3.8, 4) is 11.8 Å². The van der Waals surface area contributed by atoms with Crippen molar-refractivity contribution in [2.45, 2.75) is 77.4 Å². The number of rotatable bonds is 8. The minimum Gasteiger partial charge on any atom is -0.495 e. The fourth-order valence-electron chi connectivity index (χ4n) is 3.58. The standard InChI is InChI=1S/C19H19F3N4OS.C8H16/c1-11(17(8-23)16-7-14(27-4)9-24-12(16)2)18-6-5-15(10-25-18)28-26-13(3)19(20,21)22;1-3-7(2)8-5-4-6-8/h5-7,9-10,13,26H,1-4H3;7-8H,3-6H2,1-2H3/b17-11+;/t13-;/m1./s1. The van der Waals surface area contributed by atoms with Crippen molar-refractivity contribution in [1.82, 2.24) is 14.7 Å². The molecule has 2 atom stereocenters. The van der Waals surface area contributed by atoms with Crippen molar-refractivity contribution in [1.29, 1.82) is 5.26 Å². The maximum atomic E-state index is 12.6. The van der Waals surface area contributed by atoms with Gasteiger partial charge in [0.2, 0.25) is 0 Å². The van der Waals surface area contributed by atoms with Gasteiger partial charge in [-0.15, -0.1) is 0 Å². The Kier molecular flexibility index (Phi) is 11.3. The highest BCUT2D eigenvalue weighted by molar-refractivity contribution is 7.97. The summed E-state index contributed by atoms with van der Waals surface area (Å²) in [6.45, 7) is 9.27. The number of nitrogens with one attached hydrogen (secondary N) is 1. The maximum Gasteiger partial charge on any atom is 0.404 e. The monoisotopic (exact) mass is 520 g/mol. The minimum absolute atomic E-state index is 0.403. The summed E-state index contributed by atoms with van der Waals surface area (Å²) in [5.41, 5.74) is 2.90. The highest BCUT2D eigenvalue weighted by atomic mass is 32.2. The summed E-state index contributed by atoms with van der Waals surface area (Å²) in [6, 6.07) is 5.58. The van der Waals surface area contributed by atoms with Gasteiger partial charge in [0.05, 0.1) is 24.6 Å². The van der Waals surface area contributed by atoms with Crippen molar-refractivity contribution >= 4 is 23.1 Å². The molecule has 2 heterocycles. The van der Waals surface area contributed by atoms with Crippen molar-refractivity contribution in [3.63, 3.8) is 0 Å². The topological polar surface area (TPSA) is 70.8 Å². The molecule has 0 radical (unpaired) electrons. The predicted molar refractivity (Wildman–Crippen MR) is 139 cm³/mol. The van der Waals surface area contributed by atoms with Crippen LogP contribution in [0.1, 0.15) is 70.3 Å². The number of aromatic nitrogens is 2. The molecule has 1 aliphatic carbocycles. The number of halogens is 3. The zero-order valence-corrected chi connectivity index (χ0v) is 22.6. The summed E-state index contributed by atoms with van der Waals surface area (Å²) in [6.07, 6.45) is 4.61. The first-order valence-corrected chi connectivity index (χ1v) is 12.9. The van der Waals surface area contributed by atoms with Gasteiger partial charge in [-0.25, -0.2) is 4.72 Å². The first-order chi connectivity index (χ1) is 17.0. The molecule has 3 rings (SSSR count). The van der Waals surface area contributed by atoms with E-state index in [1.165, 1.54) is 39.0 Å². The lowest BCUT2D eigenvalue weighted by Crippen LogP contribution is -2.35. The molecule has 1 aliphatic rings. The van der Waals surface area contributed by atoms with Gasteiger partial charge in [0, 0.05) is 22.3 Å². The zero-order valence-electron chi connectivity index (χ0n) is 21.7. The molecule has 1 saturated carbocycles. The number of hydrogen-bond acceptors (Lipinski definition) is 6. The van der Waals surface area contributed by atoms with Crippen LogP contribution in [0.4, 0.5) is 13.2 Å². The van der Waals surface area contributed by atoms with Gasteiger partial charge in [0.1, 0.15) is 17.9 Å². The van der Waals surface area contributed by atoms with Crippen molar-refractivity contribution in [3.05, 3.63) is 47.5 Å². The molecule has 0 aliphatic heterocycles. The van der Waals surface area contributed by atoms with Crippen LogP contribution >= 0.6 is 11.9 Å². The van der Waals surface area contributed by atoms with Crippen LogP contribution in [0.5, 0.6) is 5.75 Å². The molecule has 1 fully saturated rings. The fraction of sp³-hybridized carbons (Fsp3) is 0.519. The zero-order chi connectivity index (χ0) is 26.9. The van der Waals surface area contributed by atoms with E-state index in [-0.39, 0.29) is 0 Å². The van der Waals surface area contributed by atoms with Gasteiger partial charge in [-0.3, -0.25) is 9.97 Å². The summed E-state index contributed by atoms with van der Waals surface area (Å²) in [4.78, 5) is 9.05. The Hall–Kier alpha value is -2.57. The van der Waals surface area contributed by atoms with E-state index in [0.29, 0.717) is 38.7 Å². The van der Waals surface area contributed by atoms with Crippen LogP contribution in [0.15, 0.2) is 35.5 Å². The molecule has 5 nitrogen and oxygen atoms in total. The van der Waals surface area contributed by atoms with E-state index in [0.717, 1.165) is 30.7 Å². The van der Waals surface area contributed by atoms with Gasteiger partial charge in [0.25, 0.3) is 0 Å². The molecule has 196 valence electrons. The molecule has 0 spiro atoms. The Morgan fingerprint density at radius 1 is 1.25 bits per heavy atom. The van der Waals surface area contributed by atoms with E-state index < -0.39 is 12.2 Å². The molecule has 1 N–H and O–H groups in total. The lowest BCUT2D eigenvalue weighted by Gasteiger charge is -2.30. The third-order valence-corrected chi connectivity index (χ3v) is 7.57. The summed E-state index contributed by atoms with van der Waals surface area (Å²) >= 11 is 0.854. The molecule has 9 heteroatoms. The second-order valence-electron chi connectivity index (χ2n) is 9.06. The van der Waals surface area contributed by atoms with Gasteiger partial charge in [-0.1, -0.05) is 39.5 Å². The molecule has 0 aromatic carbocycles. The second-order valence-corrected chi connectivity index (χ2v) is 9.97. The Morgan fingerprint density at radius 2 is 1.94 bits per heavy atom. The SMILES string of the molecule is CCC(C)C1CCC1.COc1cnc(C)c(/C(C#N)=C(\C)c2ccc(SN[C@H](C)C(F)(F)F)cn2)c1. The molecule has 0 saturated heterocycles. The van der Waals surface area contributed by atoms with Crippen molar-refractivity contribution in [2.24, 2.45) is 11.8 Å². The molecule has 0 bridgehead atoms. The molecular weight excluding hydrogens is 485 g/mol. The average Bonchev–Trinajstić information content (AvgIpc) is 2.83. The number of hydrogen-bond donors (Lipinski definition) is 1. The minimum atomic E-state index is -4.32. The highest BCUT2D eigenvalue weighted by Gasteiger charge is 2.35. The number of allylic oxidation sites excluding steroid dienone is 2. The Morgan fingerprint density at radius 3 is 2.39 bits per heavy atom. The average molecular weight is 521 g/mol. The van der Waals surface area contributed by atoms with Crippen LogP contribution in [0, 0.1) is 30.1 Å². The van der Waals surface area contributed by atoms with Gasteiger partial charge in [0.15, 0.2) is 0 Å². The van der Waals surface area contributed by atoms with E-state index in [4.69, 9.17) is 4.74 Å². The molecule has 1 unspecified atom stereocenters. The van der Waals surface area contributed by atoms with Crippen LogP contribution in [0.2, 0.25) is 0 Å². The second kappa shape index (κ2) is 13.7. The van der Waals surface area contributed by atoms with Crippen molar-refractivity contribution in [2.75, 3.05) is 7.11 Å². The number of nitriles is 1. The lowest BCUT2D eigenvalue weighted by atomic mass is 9.76. The molecule has 0 amide bonds. The van der Waals surface area contributed by atoms with Crippen molar-refractivity contribution < 1.29 is 17.9 Å². The van der Waals surface area contributed by atoms with E-state index in [1.807, 2.05) is 0 Å². The Labute approximate surface area is 216 Å². The van der Waals surface area contributed by atoms with Crippen LogP contribution in [-0.2, 0) is 0 Å². The summed E-state index contributed by atoms with van der Waals surface area (Å²) in [5.74, 6) is 2.63. The summed E-state index contributed by atoms with van der Waals surface area (Å²) in [5, 5.41) is 9.65. The van der Waals surface area contributed by atoms with E-state index >= 15 is 0 Å². The quantitative estimate of drug-likeness (QED) is 0.285. The number of nitrogens with zero attached hydrogens (tertiary/aromatic N) is 3. The van der Waals surface area contributed by atoms with E-state index in [1.54, 1.807) is 38.2 Å². The Bertz CT molecular complexity index is 1060. The van der Waals surface area contributed by atoms with Crippen LogP contribution in [-0.4, -0.2) is 29.3 Å². The Balaban J connectivity index is 0.000000482. The van der Waals surface area contributed by atoms with Gasteiger partial charge >= 0.3 is 6.18 Å². The largest absolute Gasteiger partial charge is 0.495 e. The fourth-order valence-corrected chi connectivity index (χ4v) is 4.27. The number of pyridine rings is 2. The summed E-state index contributed by atoms with van der Waals surface area (Å²) in [7, 11) is 1.52. The van der Waals surface area contributed by atoms with Gasteiger partial charge < -0.3 is 4.74 Å². The van der Waals surface area contributed by atoms with Crippen LogP contribution in [0.25, 0.3) is 11.1 Å². The number of alkyl halides is 3. The maximum absolute atomic E-state index is 12.6. The molecule has 2 aromatic heterocycles. The molecule has 2 aromatic rings. The van der Waals surface area contributed by atoms with E-state index in [2.05, 4.69) is 34.6 Å². The van der Waals surface area contributed by atoms with Gasteiger partial charge in [-0.05, 0) is 68.3 Å². The number of methoxy groups -OCH3 is 1. The summed E-state index contributed by atoms with van der Waals surface area (Å²) < 4.78 is 45.2. The van der Waals surface area contributed by atoms with Crippen LogP contribution in [0.3, 0.4) is 0 Å². The third kappa shape index (κ3) is 8.24. The lowest BCUT2D eigenvalue weighted by molar-refractivity contribution is -0.146. The first kappa shape index (κ1) is 29.7. The number of aryl methyl sites for hydroxylation is 1.